The number of ether oxygens (including phenoxy) is 1. The van der Waals surface area contributed by atoms with Gasteiger partial charge in [0, 0.05) is 30.6 Å². The summed E-state index contributed by atoms with van der Waals surface area (Å²) in [6.07, 6.45) is 2.79. The van der Waals surface area contributed by atoms with E-state index in [2.05, 4.69) is 16.4 Å². The SMILES string of the molecule is CC(=O)NCCc1c[nH]c2ccc(OCc3ccccc3)cc12. The molecule has 0 saturated carbocycles. The van der Waals surface area contributed by atoms with E-state index in [1.807, 2.05) is 48.7 Å². The molecule has 3 aromatic rings. The van der Waals surface area contributed by atoms with Gasteiger partial charge in [0.05, 0.1) is 0 Å². The molecule has 0 saturated heterocycles. The molecule has 2 N–H and O–H groups in total. The molecule has 4 heteroatoms. The van der Waals surface area contributed by atoms with Gasteiger partial charge in [0.2, 0.25) is 5.91 Å². The number of amides is 1. The third kappa shape index (κ3) is 3.92. The number of nitrogens with one attached hydrogen (secondary N) is 2. The van der Waals surface area contributed by atoms with Crippen molar-refractivity contribution in [3.63, 3.8) is 0 Å². The molecule has 0 aliphatic rings. The van der Waals surface area contributed by atoms with E-state index in [-0.39, 0.29) is 5.91 Å². The van der Waals surface area contributed by atoms with E-state index in [0.717, 1.165) is 28.6 Å². The van der Waals surface area contributed by atoms with Crippen molar-refractivity contribution in [1.29, 1.82) is 0 Å². The first-order valence-electron chi connectivity index (χ1n) is 7.73. The van der Waals surface area contributed by atoms with E-state index in [1.165, 1.54) is 12.5 Å². The highest BCUT2D eigenvalue weighted by atomic mass is 16.5. The molecule has 2 aromatic carbocycles. The van der Waals surface area contributed by atoms with Crippen molar-refractivity contribution >= 4 is 16.8 Å². The first-order chi connectivity index (χ1) is 11.2. The van der Waals surface area contributed by atoms with Crippen molar-refractivity contribution < 1.29 is 9.53 Å². The summed E-state index contributed by atoms with van der Waals surface area (Å²) in [5.41, 5.74) is 3.40. The standard InChI is InChI=1S/C19H20N2O2/c1-14(22)20-10-9-16-12-21-19-8-7-17(11-18(16)19)23-13-15-5-3-2-4-6-15/h2-8,11-12,21H,9-10,13H2,1H3,(H,20,22). The van der Waals surface area contributed by atoms with E-state index < -0.39 is 0 Å². The molecule has 0 radical (unpaired) electrons. The monoisotopic (exact) mass is 308 g/mol. The van der Waals surface area contributed by atoms with Gasteiger partial charge < -0.3 is 15.0 Å². The molecule has 0 bridgehead atoms. The van der Waals surface area contributed by atoms with Crippen LogP contribution in [0.25, 0.3) is 10.9 Å². The quantitative estimate of drug-likeness (QED) is 0.733. The van der Waals surface area contributed by atoms with E-state index in [1.54, 1.807) is 0 Å². The van der Waals surface area contributed by atoms with Crippen LogP contribution < -0.4 is 10.1 Å². The Bertz CT molecular complexity index is 793. The van der Waals surface area contributed by atoms with Gasteiger partial charge in [-0.3, -0.25) is 4.79 Å². The Labute approximate surface area is 135 Å². The third-order valence-electron chi connectivity index (χ3n) is 3.76. The lowest BCUT2D eigenvalue weighted by molar-refractivity contribution is -0.118. The van der Waals surface area contributed by atoms with Crippen molar-refractivity contribution in [2.45, 2.75) is 20.0 Å². The van der Waals surface area contributed by atoms with Gasteiger partial charge in [-0.05, 0) is 35.7 Å². The molecule has 23 heavy (non-hydrogen) atoms. The van der Waals surface area contributed by atoms with Crippen LogP contribution in [0.15, 0.2) is 54.7 Å². The minimum atomic E-state index is -0.00303. The minimum Gasteiger partial charge on any atom is -0.489 e. The summed E-state index contributed by atoms with van der Waals surface area (Å²) >= 11 is 0. The van der Waals surface area contributed by atoms with Crippen LogP contribution in [0, 0.1) is 0 Å². The highest BCUT2D eigenvalue weighted by molar-refractivity contribution is 5.84. The molecule has 4 nitrogen and oxygen atoms in total. The van der Waals surface area contributed by atoms with Crippen LogP contribution in [-0.2, 0) is 17.8 Å². The summed E-state index contributed by atoms with van der Waals surface area (Å²) in [6, 6.07) is 16.2. The largest absolute Gasteiger partial charge is 0.489 e. The zero-order valence-corrected chi connectivity index (χ0v) is 13.1. The van der Waals surface area contributed by atoms with Gasteiger partial charge in [0.15, 0.2) is 0 Å². The van der Waals surface area contributed by atoms with Crippen molar-refractivity contribution in [1.82, 2.24) is 10.3 Å². The molecule has 0 atom stereocenters. The topological polar surface area (TPSA) is 54.1 Å². The van der Waals surface area contributed by atoms with Crippen molar-refractivity contribution in [2.24, 2.45) is 0 Å². The van der Waals surface area contributed by atoms with Gasteiger partial charge in [0.25, 0.3) is 0 Å². The number of carbonyl (C=O) groups is 1. The Morgan fingerprint density at radius 1 is 1.17 bits per heavy atom. The van der Waals surface area contributed by atoms with Crippen LogP contribution in [0.2, 0.25) is 0 Å². The predicted octanol–water partition coefficient (Wildman–Crippen LogP) is 3.43. The summed E-state index contributed by atoms with van der Waals surface area (Å²) in [4.78, 5) is 14.2. The molecule has 0 unspecified atom stereocenters. The van der Waals surface area contributed by atoms with Gasteiger partial charge in [-0.1, -0.05) is 30.3 Å². The second-order valence-corrected chi connectivity index (χ2v) is 5.53. The van der Waals surface area contributed by atoms with Gasteiger partial charge in [-0.15, -0.1) is 0 Å². The smallest absolute Gasteiger partial charge is 0.216 e. The molecule has 1 amide bonds. The summed E-state index contributed by atoms with van der Waals surface area (Å²) in [5, 5.41) is 3.97. The van der Waals surface area contributed by atoms with E-state index in [4.69, 9.17) is 4.74 Å². The van der Waals surface area contributed by atoms with Crippen LogP contribution >= 0.6 is 0 Å². The maximum absolute atomic E-state index is 11.0. The molecule has 1 aromatic heterocycles. The second kappa shape index (κ2) is 7.01. The second-order valence-electron chi connectivity index (χ2n) is 5.53. The summed E-state index contributed by atoms with van der Waals surface area (Å²) < 4.78 is 5.88. The molecule has 0 fully saturated rings. The predicted molar refractivity (Wildman–Crippen MR) is 91.5 cm³/mol. The molecule has 0 aliphatic heterocycles. The van der Waals surface area contributed by atoms with E-state index in [0.29, 0.717) is 13.2 Å². The van der Waals surface area contributed by atoms with E-state index in [9.17, 15) is 4.79 Å². The summed E-state index contributed by atoms with van der Waals surface area (Å²) in [5.74, 6) is 0.846. The number of hydrogen-bond donors (Lipinski definition) is 2. The van der Waals surface area contributed by atoms with Gasteiger partial charge >= 0.3 is 0 Å². The maximum Gasteiger partial charge on any atom is 0.216 e. The average Bonchev–Trinajstić information content (AvgIpc) is 2.96. The lowest BCUT2D eigenvalue weighted by Crippen LogP contribution is -2.22. The van der Waals surface area contributed by atoms with Gasteiger partial charge in [-0.2, -0.15) is 0 Å². The van der Waals surface area contributed by atoms with Crippen LogP contribution in [0.1, 0.15) is 18.1 Å². The van der Waals surface area contributed by atoms with Crippen LogP contribution in [-0.4, -0.2) is 17.4 Å². The Balaban J connectivity index is 1.71. The van der Waals surface area contributed by atoms with Crippen molar-refractivity contribution in [2.75, 3.05) is 6.54 Å². The number of aromatic amines is 1. The van der Waals surface area contributed by atoms with Crippen LogP contribution in [0.5, 0.6) is 5.75 Å². The first-order valence-corrected chi connectivity index (χ1v) is 7.73. The number of carbonyl (C=O) groups excluding carboxylic acids is 1. The Morgan fingerprint density at radius 3 is 2.78 bits per heavy atom. The molecular formula is C19H20N2O2. The van der Waals surface area contributed by atoms with Gasteiger partial charge in [-0.25, -0.2) is 0 Å². The molecule has 3 rings (SSSR count). The number of aromatic nitrogens is 1. The first kappa shape index (κ1) is 15.2. The fourth-order valence-electron chi connectivity index (χ4n) is 2.57. The average molecular weight is 308 g/mol. The van der Waals surface area contributed by atoms with Crippen LogP contribution in [0.3, 0.4) is 0 Å². The number of benzene rings is 2. The Morgan fingerprint density at radius 2 is 2.00 bits per heavy atom. The Kier molecular flexibility index (Phi) is 4.62. The minimum absolute atomic E-state index is 0.00303. The van der Waals surface area contributed by atoms with Gasteiger partial charge in [0.1, 0.15) is 12.4 Å². The normalized spacial score (nSPS) is 10.7. The number of H-pyrrole nitrogens is 1. The fourth-order valence-corrected chi connectivity index (χ4v) is 2.57. The van der Waals surface area contributed by atoms with E-state index >= 15 is 0 Å². The zero-order valence-electron chi connectivity index (χ0n) is 13.1. The lowest BCUT2D eigenvalue weighted by atomic mass is 10.1. The van der Waals surface area contributed by atoms with Crippen molar-refractivity contribution in [3.05, 3.63) is 65.9 Å². The molecule has 118 valence electrons. The maximum atomic E-state index is 11.0. The summed E-state index contributed by atoms with van der Waals surface area (Å²) in [7, 11) is 0. The van der Waals surface area contributed by atoms with Crippen molar-refractivity contribution in [3.8, 4) is 5.75 Å². The number of rotatable bonds is 6. The van der Waals surface area contributed by atoms with Crippen LogP contribution in [0.4, 0.5) is 0 Å². The highest BCUT2D eigenvalue weighted by Gasteiger charge is 2.06. The lowest BCUT2D eigenvalue weighted by Gasteiger charge is -2.07. The fraction of sp³-hybridized carbons (Fsp3) is 0.211. The molecule has 0 aliphatic carbocycles. The number of hydrogen-bond acceptors (Lipinski definition) is 2. The third-order valence-corrected chi connectivity index (χ3v) is 3.76. The molecular weight excluding hydrogens is 288 g/mol. The summed E-state index contributed by atoms with van der Waals surface area (Å²) in [6.45, 7) is 2.72. The molecule has 0 spiro atoms. The highest BCUT2D eigenvalue weighted by Crippen LogP contribution is 2.24. The molecule has 1 heterocycles. The number of fused-ring (bicyclic) bond motifs is 1. The zero-order chi connectivity index (χ0) is 16.1. The Hall–Kier alpha value is -2.75.